The lowest BCUT2D eigenvalue weighted by Gasteiger charge is -2.33. The van der Waals surface area contributed by atoms with Crippen LogP contribution in [0.2, 0.25) is 0 Å². The van der Waals surface area contributed by atoms with Crippen molar-refractivity contribution >= 4 is 5.91 Å². The first-order chi connectivity index (χ1) is 11.5. The quantitative estimate of drug-likeness (QED) is 0.895. The van der Waals surface area contributed by atoms with Crippen molar-refractivity contribution in [3.8, 4) is 0 Å². The molecule has 0 aromatic heterocycles. The third kappa shape index (κ3) is 4.12. The molecule has 0 saturated carbocycles. The number of aliphatic hydroxyl groups excluding tert-OH is 1. The summed E-state index contributed by atoms with van der Waals surface area (Å²) in [6.07, 6.45) is 0.617. The minimum Gasteiger partial charge on any atom is -0.392 e. The summed E-state index contributed by atoms with van der Waals surface area (Å²) < 4.78 is 13.5. The van der Waals surface area contributed by atoms with Gasteiger partial charge in [-0.25, -0.2) is 4.39 Å². The maximum absolute atomic E-state index is 13.5. The Morgan fingerprint density at radius 3 is 2.75 bits per heavy atom. The van der Waals surface area contributed by atoms with E-state index in [-0.39, 0.29) is 17.8 Å². The Labute approximate surface area is 142 Å². The first-order valence-corrected chi connectivity index (χ1v) is 8.67. The van der Waals surface area contributed by atoms with Crippen molar-refractivity contribution in [3.05, 3.63) is 35.6 Å². The van der Waals surface area contributed by atoms with E-state index in [0.717, 1.165) is 31.7 Å². The van der Waals surface area contributed by atoms with Crippen molar-refractivity contribution in [2.24, 2.45) is 0 Å². The lowest BCUT2D eigenvalue weighted by Crippen LogP contribution is -2.47. The van der Waals surface area contributed by atoms with E-state index >= 15 is 0 Å². The summed E-state index contributed by atoms with van der Waals surface area (Å²) >= 11 is 0. The Balaban J connectivity index is 1.58. The SMILES string of the molecule is CN1CCN(C(=O)CCN2C[C@@H](O)C[C@@H]2c2cccc(F)c2)CC1. The highest BCUT2D eigenvalue weighted by Crippen LogP contribution is 2.32. The van der Waals surface area contributed by atoms with Gasteiger partial charge in [-0.1, -0.05) is 12.1 Å². The number of carbonyl (C=O) groups excluding carboxylic acids is 1. The molecule has 3 rings (SSSR count). The molecule has 2 atom stereocenters. The van der Waals surface area contributed by atoms with Gasteiger partial charge >= 0.3 is 0 Å². The molecule has 0 radical (unpaired) electrons. The Morgan fingerprint density at radius 1 is 1.29 bits per heavy atom. The molecule has 1 amide bonds. The first kappa shape index (κ1) is 17.3. The van der Waals surface area contributed by atoms with Crippen molar-refractivity contribution in [2.45, 2.75) is 25.0 Å². The van der Waals surface area contributed by atoms with Crippen LogP contribution in [0.3, 0.4) is 0 Å². The molecular formula is C18H26FN3O2. The number of rotatable bonds is 4. The average molecular weight is 335 g/mol. The number of amides is 1. The molecule has 24 heavy (non-hydrogen) atoms. The summed E-state index contributed by atoms with van der Waals surface area (Å²) in [5.74, 6) is -0.0927. The Bertz CT molecular complexity index is 575. The molecule has 2 saturated heterocycles. The number of hydrogen-bond donors (Lipinski definition) is 1. The number of β-amino-alcohol motifs (C(OH)–C–C–N with tert-alkyl or cyclic N) is 1. The largest absolute Gasteiger partial charge is 0.392 e. The van der Waals surface area contributed by atoms with E-state index in [9.17, 15) is 14.3 Å². The van der Waals surface area contributed by atoms with Crippen molar-refractivity contribution in [2.75, 3.05) is 46.3 Å². The lowest BCUT2D eigenvalue weighted by atomic mass is 10.0. The van der Waals surface area contributed by atoms with Crippen molar-refractivity contribution in [1.29, 1.82) is 0 Å². The molecule has 0 aliphatic carbocycles. The van der Waals surface area contributed by atoms with Crippen LogP contribution in [0, 0.1) is 5.82 Å². The topological polar surface area (TPSA) is 47.0 Å². The summed E-state index contributed by atoms with van der Waals surface area (Å²) in [5.41, 5.74) is 0.874. The number of carbonyl (C=O) groups is 1. The van der Waals surface area contributed by atoms with E-state index in [1.165, 1.54) is 12.1 Å². The van der Waals surface area contributed by atoms with Crippen LogP contribution in [0.4, 0.5) is 4.39 Å². The van der Waals surface area contributed by atoms with Gasteiger partial charge in [-0.3, -0.25) is 9.69 Å². The van der Waals surface area contributed by atoms with Gasteiger partial charge in [0.15, 0.2) is 0 Å². The van der Waals surface area contributed by atoms with Gasteiger partial charge in [-0.15, -0.1) is 0 Å². The molecule has 6 heteroatoms. The number of aliphatic hydroxyl groups is 1. The van der Waals surface area contributed by atoms with Crippen LogP contribution < -0.4 is 0 Å². The van der Waals surface area contributed by atoms with Crippen LogP contribution in [0.5, 0.6) is 0 Å². The molecule has 1 aromatic rings. The normalized spacial score (nSPS) is 26.0. The molecule has 0 bridgehead atoms. The Hall–Kier alpha value is -1.50. The molecule has 2 fully saturated rings. The third-order valence-electron chi connectivity index (χ3n) is 5.08. The predicted octanol–water partition coefficient (Wildman–Crippen LogP) is 1.10. The number of likely N-dealkylation sites (tertiary alicyclic amines) is 1. The van der Waals surface area contributed by atoms with Gasteiger partial charge in [0.05, 0.1) is 6.10 Å². The molecule has 0 unspecified atom stereocenters. The molecule has 1 N–H and O–H groups in total. The highest BCUT2D eigenvalue weighted by molar-refractivity contribution is 5.76. The summed E-state index contributed by atoms with van der Waals surface area (Å²) in [7, 11) is 2.07. The van der Waals surface area contributed by atoms with E-state index in [4.69, 9.17) is 0 Å². The van der Waals surface area contributed by atoms with Crippen LogP contribution in [0.15, 0.2) is 24.3 Å². The Morgan fingerprint density at radius 2 is 2.04 bits per heavy atom. The highest BCUT2D eigenvalue weighted by Gasteiger charge is 2.32. The van der Waals surface area contributed by atoms with Gasteiger partial charge < -0.3 is 14.9 Å². The molecular weight excluding hydrogens is 309 g/mol. The predicted molar refractivity (Wildman–Crippen MR) is 90.0 cm³/mol. The second-order valence-electron chi connectivity index (χ2n) is 6.89. The minimum absolute atomic E-state index is 0.0176. The third-order valence-corrected chi connectivity index (χ3v) is 5.08. The summed E-state index contributed by atoms with van der Waals surface area (Å²) in [4.78, 5) is 18.6. The van der Waals surface area contributed by atoms with Crippen LogP contribution in [-0.2, 0) is 4.79 Å². The monoisotopic (exact) mass is 335 g/mol. The number of benzene rings is 1. The van der Waals surface area contributed by atoms with Crippen molar-refractivity contribution in [1.82, 2.24) is 14.7 Å². The number of likely N-dealkylation sites (N-methyl/N-ethyl adjacent to an activating group) is 1. The zero-order valence-corrected chi connectivity index (χ0v) is 14.2. The molecule has 1 aromatic carbocycles. The fourth-order valence-electron chi connectivity index (χ4n) is 3.64. The molecule has 2 aliphatic heterocycles. The van der Waals surface area contributed by atoms with Gasteiger partial charge in [0.2, 0.25) is 5.91 Å². The van der Waals surface area contributed by atoms with Crippen LogP contribution in [0.25, 0.3) is 0 Å². The van der Waals surface area contributed by atoms with E-state index in [1.807, 2.05) is 11.0 Å². The fourth-order valence-corrected chi connectivity index (χ4v) is 3.64. The highest BCUT2D eigenvalue weighted by atomic mass is 19.1. The number of nitrogens with zero attached hydrogens (tertiary/aromatic N) is 3. The van der Waals surface area contributed by atoms with Gasteiger partial charge in [-0.05, 0) is 31.2 Å². The van der Waals surface area contributed by atoms with Gasteiger partial charge in [0.25, 0.3) is 0 Å². The van der Waals surface area contributed by atoms with E-state index in [1.54, 1.807) is 6.07 Å². The molecule has 2 aliphatic rings. The standard InChI is InChI=1S/C18H26FN3O2/c1-20-7-9-21(10-8-20)18(24)5-6-22-13-16(23)12-17(22)14-3-2-4-15(19)11-14/h2-4,11,16-17,23H,5-10,12-13H2,1H3/t16-,17+/m0/s1. The van der Waals surface area contributed by atoms with Crippen molar-refractivity contribution < 1.29 is 14.3 Å². The van der Waals surface area contributed by atoms with E-state index < -0.39 is 6.10 Å². The van der Waals surface area contributed by atoms with Crippen LogP contribution in [0.1, 0.15) is 24.4 Å². The Kier molecular flexibility index (Phi) is 5.48. The second-order valence-corrected chi connectivity index (χ2v) is 6.89. The molecule has 132 valence electrons. The summed E-state index contributed by atoms with van der Waals surface area (Å²) in [6.45, 7) is 4.54. The van der Waals surface area contributed by atoms with Gasteiger partial charge in [0, 0.05) is 51.7 Å². The lowest BCUT2D eigenvalue weighted by molar-refractivity contribution is -0.133. The smallest absolute Gasteiger partial charge is 0.223 e. The summed E-state index contributed by atoms with van der Waals surface area (Å²) in [6, 6.07) is 6.52. The number of hydrogen-bond acceptors (Lipinski definition) is 4. The second kappa shape index (κ2) is 7.59. The number of halogens is 1. The molecule has 5 nitrogen and oxygen atoms in total. The summed E-state index contributed by atoms with van der Waals surface area (Å²) in [5, 5.41) is 10.0. The zero-order chi connectivity index (χ0) is 17.1. The van der Waals surface area contributed by atoms with E-state index in [2.05, 4.69) is 16.8 Å². The van der Waals surface area contributed by atoms with Crippen LogP contribution in [-0.4, -0.2) is 78.1 Å². The van der Waals surface area contributed by atoms with Gasteiger partial charge in [-0.2, -0.15) is 0 Å². The molecule has 0 spiro atoms. The maximum Gasteiger partial charge on any atom is 0.223 e. The van der Waals surface area contributed by atoms with E-state index in [0.29, 0.717) is 25.9 Å². The zero-order valence-electron chi connectivity index (χ0n) is 14.2. The van der Waals surface area contributed by atoms with Crippen LogP contribution >= 0.6 is 0 Å². The number of piperazine rings is 1. The minimum atomic E-state index is -0.419. The first-order valence-electron chi connectivity index (χ1n) is 8.67. The van der Waals surface area contributed by atoms with Crippen molar-refractivity contribution in [3.63, 3.8) is 0 Å². The van der Waals surface area contributed by atoms with Gasteiger partial charge in [0.1, 0.15) is 5.82 Å². The maximum atomic E-state index is 13.5. The average Bonchev–Trinajstić information content (AvgIpc) is 2.94. The fraction of sp³-hybridized carbons (Fsp3) is 0.611. The molecule has 2 heterocycles.